The molecule has 1 atom stereocenters. The first-order valence-electron chi connectivity index (χ1n) is 8.26. The lowest BCUT2D eigenvalue weighted by molar-refractivity contribution is -0.153. The predicted molar refractivity (Wildman–Crippen MR) is 80.7 cm³/mol. The van der Waals surface area contributed by atoms with E-state index in [-0.39, 0.29) is 5.97 Å². The van der Waals surface area contributed by atoms with Crippen LogP contribution >= 0.6 is 0 Å². The smallest absolute Gasteiger partial charge is 0.327 e. The Kier molecular flexibility index (Phi) is 5.44. The van der Waals surface area contributed by atoms with Crippen molar-refractivity contribution in [1.29, 1.82) is 0 Å². The standard InChI is InChI=1S/C16H30N2O2/c1-4-17-16(13-10-11-13,15(19)20-5-2)12-18(3)14-8-6-7-9-14/h13-14,17H,4-12H2,1-3H3. The molecular formula is C16H30N2O2. The molecule has 2 rings (SSSR count). The number of rotatable bonds is 8. The van der Waals surface area contributed by atoms with Gasteiger partial charge in [0.1, 0.15) is 5.54 Å². The van der Waals surface area contributed by atoms with Gasteiger partial charge in [-0.2, -0.15) is 0 Å². The predicted octanol–water partition coefficient (Wildman–Crippen LogP) is 2.18. The summed E-state index contributed by atoms with van der Waals surface area (Å²) in [6.07, 6.45) is 7.48. The number of hydrogen-bond donors (Lipinski definition) is 1. The molecule has 2 fully saturated rings. The first-order valence-corrected chi connectivity index (χ1v) is 8.26. The summed E-state index contributed by atoms with van der Waals surface area (Å²) in [5, 5.41) is 3.48. The monoisotopic (exact) mass is 282 g/mol. The van der Waals surface area contributed by atoms with Crippen LogP contribution in [0.3, 0.4) is 0 Å². The Balaban J connectivity index is 2.09. The average Bonchev–Trinajstić information content (AvgIpc) is 3.13. The molecule has 116 valence electrons. The Labute approximate surface area is 123 Å². The van der Waals surface area contributed by atoms with E-state index in [0.29, 0.717) is 18.6 Å². The third kappa shape index (κ3) is 3.34. The third-order valence-corrected chi connectivity index (χ3v) is 4.85. The third-order valence-electron chi connectivity index (χ3n) is 4.85. The minimum absolute atomic E-state index is 0.0470. The molecule has 0 aromatic carbocycles. The molecule has 2 saturated carbocycles. The van der Waals surface area contributed by atoms with Gasteiger partial charge in [-0.05, 0) is 52.1 Å². The molecule has 1 N–H and O–H groups in total. The number of esters is 1. The van der Waals surface area contributed by atoms with Gasteiger partial charge >= 0.3 is 5.97 Å². The molecule has 4 nitrogen and oxygen atoms in total. The highest BCUT2D eigenvalue weighted by molar-refractivity contribution is 5.82. The molecule has 0 aliphatic heterocycles. The van der Waals surface area contributed by atoms with Gasteiger partial charge in [0, 0.05) is 12.6 Å². The minimum Gasteiger partial charge on any atom is -0.465 e. The second kappa shape index (κ2) is 6.90. The zero-order valence-electron chi connectivity index (χ0n) is 13.3. The number of carbonyl (C=O) groups excluding carboxylic acids is 1. The van der Waals surface area contributed by atoms with E-state index < -0.39 is 5.54 Å². The van der Waals surface area contributed by atoms with Crippen molar-refractivity contribution in [3.8, 4) is 0 Å². The fourth-order valence-corrected chi connectivity index (χ4v) is 3.65. The molecule has 0 heterocycles. The summed E-state index contributed by atoms with van der Waals surface area (Å²) in [4.78, 5) is 15.0. The number of ether oxygens (including phenoxy) is 1. The highest BCUT2D eigenvalue weighted by atomic mass is 16.5. The molecular weight excluding hydrogens is 252 g/mol. The van der Waals surface area contributed by atoms with Crippen LogP contribution in [0.1, 0.15) is 52.4 Å². The molecule has 0 spiro atoms. The van der Waals surface area contributed by atoms with Gasteiger partial charge in [0.25, 0.3) is 0 Å². The Bertz CT molecular complexity index is 324. The molecule has 0 radical (unpaired) electrons. The van der Waals surface area contributed by atoms with Gasteiger partial charge in [-0.15, -0.1) is 0 Å². The van der Waals surface area contributed by atoms with E-state index >= 15 is 0 Å². The summed E-state index contributed by atoms with van der Waals surface area (Å²) in [7, 11) is 2.17. The first kappa shape index (κ1) is 15.8. The van der Waals surface area contributed by atoms with Gasteiger partial charge in [-0.3, -0.25) is 0 Å². The van der Waals surface area contributed by atoms with E-state index in [1.807, 2.05) is 6.92 Å². The van der Waals surface area contributed by atoms with E-state index in [1.165, 1.54) is 25.7 Å². The molecule has 0 saturated heterocycles. The van der Waals surface area contributed by atoms with Crippen LogP contribution in [-0.4, -0.2) is 49.2 Å². The Morgan fingerprint density at radius 2 is 1.90 bits per heavy atom. The quantitative estimate of drug-likeness (QED) is 0.693. The fraction of sp³-hybridized carbons (Fsp3) is 0.938. The Morgan fingerprint density at radius 1 is 1.25 bits per heavy atom. The van der Waals surface area contributed by atoms with Crippen molar-refractivity contribution in [2.75, 3.05) is 26.7 Å². The van der Waals surface area contributed by atoms with Crippen LogP contribution in [0.5, 0.6) is 0 Å². The van der Waals surface area contributed by atoms with Crippen LogP contribution in [0.2, 0.25) is 0 Å². The second-order valence-electron chi connectivity index (χ2n) is 6.35. The molecule has 0 aromatic rings. The van der Waals surface area contributed by atoms with E-state index in [1.54, 1.807) is 0 Å². The lowest BCUT2D eigenvalue weighted by Gasteiger charge is -2.38. The van der Waals surface area contributed by atoms with Gasteiger partial charge in [0.15, 0.2) is 0 Å². The number of hydrogen-bond acceptors (Lipinski definition) is 4. The van der Waals surface area contributed by atoms with Gasteiger partial charge in [-0.25, -0.2) is 4.79 Å². The summed E-state index contributed by atoms with van der Waals surface area (Å²) in [6.45, 7) is 6.03. The van der Waals surface area contributed by atoms with E-state index in [2.05, 4.69) is 24.2 Å². The molecule has 1 unspecified atom stereocenters. The van der Waals surface area contributed by atoms with E-state index in [9.17, 15) is 4.79 Å². The Hall–Kier alpha value is -0.610. The molecule has 20 heavy (non-hydrogen) atoms. The van der Waals surface area contributed by atoms with Crippen LogP contribution in [0.25, 0.3) is 0 Å². The van der Waals surface area contributed by atoms with Crippen LogP contribution in [0.15, 0.2) is 0 Å². The van der Waals surface area contributed by atoms with Crippen LogP contribution in [-0.2, 0) is 9.53 Å². The molecule has 2 aliphatic carbocycles. The molecule has 2 aliphatic rings. The number of nitrogens with zero attached hydrogens (tertiary/aromatic N) is 1. The highest BCUT2D eigenvalue weighted by Gasteiger charge is 2.52. The van der Waals surface area contributed by atoms with Crippen molar-refractivity contribution in [3.05, 3.63) is 0 Å². The molecule has 0 aromatic heterocycles. The average molecular weight is 282 g/mol. The summed E-state index contributed by atoms with van der Waals surface area (Å²) >= 11 is 0. The first-order chi connectivity index (χ1) is 9.64. The zero-order chi connectivity index (χ0) is 14.6. The lowest BCUT2D eigenvalue weighted by Crippen LogP contribution is -2.61. The maximum atomic E-state index is 12.6. The molecule has 0 amide bonds. The van der Waals surface area contributed by atoms with Crippen LogP contribution in [0.4, 0.5) is 0 Å². The molecule has 0 bridgehead atoms. The number of nitrogens with one attached hydrogen (secondary N) is 1. The van der Waals surface area contributed by atoms with Gasteiger partial charge < -0.3 is 15.0 Å². The van der Waals surface area contributed by atoms with Crippen molar-refractivity contribution >= 4 is 5.97 Å². The van der Waals surface area contributed by atoms with E-state index in [0.717, 1.165) is 25.9 Å². The summed E-state index contributed by atoms with van der Waals surface area (Å²) in [6, 6.07) is 0.640. The van der Waals surface area contributed by atoms with Crippen LogP contribution in [0, 0.1) is 5.92 Å². The van der Waals surface area contributed by atoms with Crippen molar-refractivity contribution < 1.29 is 9.53 Å². The summed E-state index contributed by atoms with van der Waals surface area (Å²) < 4.78 is 5.40. The van der Waals surface area contributed by atoms with Gasteiger partial charge in [0.05, 0.1) is 6.61 Å². The van der Waals surface area contributed by atoms with Crippen molar-refractivity contribution in [2.24, 2.45) is 5.92 Å². The normalized spacial score (nSPS) is 23.0. The maximum absolute atomic E-state index is 12.6. The van der Waals surface area contributed by atoms with Gasteiger partial charge in [-0.1, -0.05) is 19.8 Å². The maximum Gasteiger partial charge on any atom is 0.327 e. The SMILES string of the molecule is CCNC(CN(C)C1CCCC1)(C(=O)OCC)C1CC1. The number of carbonyl (C=O) groups is 1. The topological polar surface area (TPSA) is 41.6 Å². The lowest BCUT2D eigenvalue weighted by atomic mass is 9.91. The summed E-state index contributed by atoms with van der Waals surface area (Å²) in [5.74, 6) is 0.402. The zero-order valence-corrected chi connectivity index (χ0v) is 13.3. The second-order valence-corrected chi connectivity index (χ2v) is 6.35. The van der Waals surface area contributed by atoms with Crippen molar-refractivity contribution in [2.45, 2.75) is 64.0 Å². The Morgan fingerprint density at radius 3 is 2.40 bits per heavy atom. The minimum atomic E-state index is -0.484. The fourth-order valence-electron chi connectivity index (χ4n) is 3.65. The molecule has 4 heteroatoms. The highest BCUT2D eigenvalue weighted by Crippen LogP contribution is 2.41. The van der Waals surface area contributed by atoms with Crippen molar-refractivity contribution in [3.63, 3.8) is 0 Å². The van der Waals surface area contributed by atoms with Crippen LogP contribution < -0.4 is 5.32 Å². The van der Waals surface area contributed by atoms with E-state index in [4.69, 9.17) is 4.74 Å². The van der Waals surface area contributed by atoms with Gasteiger partial charge in [0.2, 0.25) is 0 Å². The largest absolute Gasteiger partial charge is 0.465 e. The van der Waals surface area contributed by atoms with Crippen molar-refractivity contribution in [1.82, 2.24) is 10.2 Å². The summed E-state index contributed by atoms with van der Waals surface area (Å²) in [5.41, 5.74) is -0.484. The number of likely N-dealkylation sites (N-methyl/N-ethyl adjacent to an activating group) is 2.